The zero-order valence-electron chi connectivity index (χ0n) is 10.9. The van der Waals surface area contributed by atoms with Gasteiger partial charge in [-0.1, -0.05) is 6.07 Å². The molecule has 2 aromatic rings. The molecule has 20 heavy (non-hydrogen) atoms. The van der Waals surface area contributed by atoms with E-state index >= 15 is 0 Å². The normalized spacial score (nSPS) is 15.7. The van der Waals surface area contributed by atoms with E-state index in [-0.39, 0.29) is 5.91 Å². The van der Waals surface area contributed by atoms with Gasteiger partial charge >= 0.3 is 0 Å². The Bertz CT molecular complexity index is 652. The lowest BCUT2D eigenvalue weighted by Crippen LogP contribution is -2.22. The first kappa shape index (κ1) is 12.5. The molecule has 0 spiro atoms. The molecule has 0 atom stereocenters. The summed E-state index contributed by atoms with van der Waals surface area (Å²) in [6, 6.07) is 7.41. The fraction of sp³-hybridized carbons (Fsp3) is 0.200. The predicted octanol–water partition coefficient (Wildman–Crippen LogP) is 1.95. The number of rotatable bonds is 2. The van der Waals surface area contributed by atoms with Crippen molar-refractivity contribution < 1.29 is 4.79 Å². The van der Waals surface area contributed by atoms with Gasteiger partial charge in [-0.25, -0.2) is 5.43 Å². The Hall–Kier alpha value is -2.56. The van der Waals surface area contributed by atoms with Crippen molar-refractivity contribution in [2.45, 2.75) is 19.3 Å². The van der Waals surface area contributed by atoms with Crippen LogP contribution in [0.1, 0.15) is 34.5 Å². The lowest BCUT2D eigenvalue weighted by Gasteiger charge is -2.16. The van der Waals surface area contributed by atoms with Gasteiger partial charge < -0.3 is 0 Å². The van der Waals surface area contributed by atoms with Crippen LogP contribution in [0.4, 0.5) is 0 Å². The number of hydrogen-bond acceptors (Lipinski definition) is 4. The van der Waals surface area contributed by atoms with Crippen LogP contribution >= 0.6 is 0 Å². The van der Waals surface area contributed by atoms with Crippen LogP contribution in [0.3, 0.4) is 0 Å². The summed E-state index contributed by atoms with van der Waals surface area (Å²) in [5, 5.41) is 4.23. The number of carbonyl (C=O) groups excluding carboxylic acids is 1. The molecule has 0 aliphatic heterocycles. The third-order valence-corrected chi connectivity index (χ3v) is 3.24. The molecule has 0 unspecified atom stereocenters. The monoisotopic (exact) mass is 266 g/mol. The molecule has 0 bridgehead atoms. The van der Waals surface area contributed by atoms with Crippen molar-refractivity contribution in [3.05, 3.63) is 59.7 Å². The summed E-state index contributed by atoms with van der Waals surface area (Å²) < 4.78 is 0. The van der Waals surface area contributed by atoms with E-state index in [2.05, 4.69) is 26.6 Å². The zero-order valence-corrected chi connectivity index (χ0v) is 10.9. The molecule has 0 saturated heterocycles. The van der Waals surface area contributed by atoms with Crippen molar-refractivity contribution in [2.24, 2.45) is 5.10 Å². The predicted molar refractivity (Wildman–Crippen MR) is 75.4 cm³/mol. The van der Waals surface area contributed by atoms with Gasteiger partial charge in [0.05, 0.1) is 17.0 Å². The Balaban J connectivity index is 1.79. The highest BCUT2D eigenvalue weighted by atomic mass is 16.2. The van der Waals surface area contributed by atoms with Crippen LogP contribution in [-0.2, 0) is 6.42 Å². The van der Waals surface area contributed by atoms with Gasteiger partial charge in [0, 0.05) is 18.6 Å². The molecule has 100 valence electrons. The van der Waals surface area contributed by atoms with Gasteiger partial charge in [-0.05, 0) is 43.0 Å². The molecule has 2 heterocycles. The Morgan fingerprint density at radius 3 is 2.95 bits per heavy atom. The molecule has 1 aliphatic carbocycles. The summed E-state index contributed by atoms with van der Waals surface area (Å²) >= 11 is 0. The van der Waals surface area contributed by atoms with Gasteiger partial charge in [0.15, 0.2) is 0 Å². The van der Waals surface area contributed by atoms with Crippen molar-refractivity contribution >= 4 is 11.6 Å². The van der Waals surface area contributed by atoms with Crippen LogP contribution in [0, 0.1) is 0 Å². The Morgan fingerprint density at radius 1 is 1.20 bits per heavy atom. The van der Waals surface area contributed by atoms with Crippen LogP contribution in [-0.4, -0.2) is 21.6 Å². The van der Waals surface area contributed by atoms with E-state index in [1.165, 1.54) is 11.8 Å². The fourth-order valence-electron chi connectivity index (χ4n) is 2.25. The SMILES string of the molecule is O=C(NN=C1CCCc2cccnc21)c1cccnc1. The van der Waals surface area contributed by atoms with E-state index in [9.17, 15) is 4.79 Å². The van der Waals surface area contributed by atoms with Crippen LogP contribution in [0.25, 0.3) is 0 Å². The average Bonchev–Trinajstić information content (AvgIpc) is 2.53. The molecule has 0 radical (unpaired) electrons. The van der Waals surface area contributed by atoms with Gasteiger partial charge in [-0.15, -0.1) is 0 Å². The van der Waals surface area contributed by atoms with Crippen molar-refractivity contribution in [3.63, 3.8) is 0 Å². The molecule has 1 amide bonds. The van der Waals surface area contributed by atoms with Gasteiger partial charge in [0.1, 0.15) is 0 Å². The highest BCUT2D eigenvalue weighted by Crippen LogP contribution is 2.19. The fourth-order valence-corrected chi connectivity index (χ4v) is 2.25. The van der Waals surface area contributed by atoms with Gasteiger partial charge in [0.25, 0.3) is 5.91 Å². The minimum Gasteiger partial charge on any atom is -0.267 e. The molecule has 5 nitrogen and oxygen atoms in total. The largest absolute Gasteiger partial charge is 0.272 e. The van der Waals surface area contributed by atoms with E-state index in [0.29, 0.717) is 5.56 Å². The number of carbonyl (C=O) groups is 1. The van der Waals surface area contributed by atoms with E-state index in [1.54, 1.807) is 24.5 Å². The third kappa shape index (κ3) is 2.56. The number of nitrogens with zero attached hydrogens (tertiary/aromatic N) is 3. The second kappa shape index (κ2) is 5.61. The first-order chi connectivity index (χ1) is 9.84. The lowest BCUT2D eigenvalue weighted by atomic mass is 9.95. The summed E-state index contributed by atoms with van der Waals surface area (Å²) in [4.78, 5) is 20.2. The number of pyridine rings is 2. The lowest BCUT2D eigenvalue weighted by molar-refractivity contribution is 0.0954. The highest BCUT2D eigenvalue weighted by Gasteiger charge is 2.16. The van der Waals surface area contributed by atoms with E-state index in [1.807, 2.05) is 6.07 Å². The molecule has 1 N–H and O–H groups in total. The van der Waals surface area contributed by atoms with E-state index in [4.69, 9.17) is 0 Å². The second-order valence-corrected chi connectivity index (χ2v) is 4.61. The Labute approximate surface area is 116 Å². The molecule has 3 rings (SSSR count). The van der Waals surface area contributed by atoms with E-state index < -0.39 is 0 Å². The molecule has 5 heteroatoms. The minimum absolute atomic E-state index is 0.256. The van der Waals surface area contributed by atoms with Crippen molar-refractivity contribution in [1.82, 2.24) is 15.4 Å². The minimum atomic E-state index is -0.256. The van der Waals surface area contributed by atoms with Gasteiger partial charge in [-0.3, -0.25) is 14.8 Å². The number of hydrazone groups is 1. The van der Waals surface area contributed by atoms with E-state index in [0.717, 1.165) is 30.7 Å². The summed E-state index contributed by atoms with van der Waals surface area (Å²) in [6.45, 7) is 0. The Kier molecular flexibility index (Phi) is 3.50. The maximum Gasteiger partial charge on any atom is 0.272 e. The maximum atomic E-state index is 11.9. The summed E-state index contributed by atoms with van der Waals surface area (Å²) in [5.41, 5.74) is 5.99. The summed E-state index contributed by atoms with van der Waals surface area (Å²) in [7, 11) is 0. The summed E-state index contributed by atoms with van der Waals surface area (Å²) in [5.74, 6) is -0.256. The number of aromatic nitrogens is 2. The number of fused-ring (bicyclic) bond motifs is 1. The highest BCUT2D eigenvalue weighted by molar-refractivity contribution is 6.02. The molecule has 2 aromatic heterocycles. The smallest absolute Gasteiger partial charge is 0.267 e. The molecule has 1 aliphatic rings. The number of hydrogen-bond donors (Lipinski definition) is 1. The number of nitrogens with one attached hydrogen (secondary N) is 1. The van der Waals surface area contributed by atoms with Crippen molar-refractivity contribution in [2.75, 3.05) is 0 Å². The molecular formula is C15H14N4O. The van der Waals surface area contributed by atoms with Crippen molar-refractivity contribution in [3.8, 4) is 0 Å². The quantitative estimate of drug-likeness (QED) is 0.845. The first-order valence-corrected chi connectivity index (χ1v) is 6.56. The maximum absolute atomic E-state index is 11.9. The molecule has 0 aromatic carbocycles. The molecule has 0 fully saturated rings. The molecule has 0 saturated carbocycles. The zero-order chi connectivity index (χ0) is 13.8. The third-order valence-electron chi connectivity index (χ3n) is 3.24. The van der Waals surface area contributed by atoms with Crippen LogP contribution in [0.5, 0.6) is 0 Å². The van der Waals surface area contributed by atoms with Crippen LogP contribution in [0.15, 0.2) is 48.0 Å². The van der Waals surface area contributed by atoms with Gasteiger partial charge in [0.2, 0.25) is 0 Å². The topological polar surface area (TPSA) is 67.2 Å². The van der Waals surface area contributed by atoms with Crippen LogP contribution < -0.4 is 5.43 Å². The molecular weight excluding hydrogens is 252 g/mol. The van der Waals surface area contributed by atoms with Crippen molar-refractivity contribution in [1.29, 1.82) is 0 Å². The average molecular weight is 266 g/mol. The number of aryl methyl sites for hydroxylation is 1. The van der Waals surface area contributed by atoms with Gasteiger partial charge in [-0.2, -0.15) is 5.10 Å². The second-order valence-electron chi connectivity index (χ2n) is 4.61. The summed E-state index contributed by atoms with van der Waals surface area (Å²) in [6.07, 6.45) is 7.77. The number of amides is 1. The standard InChI is InChI=1S/C15H14N4O/c20-15(12-6-2-8-16-10-12)19-18-13-7-1-4-11-5-3-9-17-14(11)13/h2-3,5-6,8-10H,1,4,7H2,(H,19,20). The van der Waals surface area contributed by atoms with Crippen LogP contribution in [0.2, 0.25) is 0 Å². The first-order valence-electron chi connectivity index (χ1n) is 6.56. The Morgan fingerprint density at radius 2 is 2.10 bits per heavy atom.